The normalized spacial score (nSPS) is 16.1. The van der Waals surface area contributed by atoms with Crippen LogP contribution in [0, 0.1) is 11.8 Å². The number of aliphatic hydroxyl groups excluding tert-OH is 1. The Morgan fingerprint density at radius 3 is 2.37 bits per heavy atom. The van der Waals surface area contributed by atoms with Gasteiger partial charge in [-0.1, -0.05) is 57.2 Å². The average molecular weight is 262 g/mol. The summed E-state index contributed by atoms with van der Waals surface area (Å²) in [6.07, 6.45) is 2.12. The summed E-state index contributed by atoms with van der Waals surface area (Å²) in [5.74, 6) is 0.483. The largest absolute Gasteiger partial charge is 0.392 e. The second kappa shape index (κ2) is 8.13. The van der Waals surface area contributed by atoms with Crippen LogP contribution in [0.3, 0.4) is 0 Å². The monoisotopic (exact) mass is 262 g/mol. The first-order valence-electron chi connectivity index (χ1n) is 7.00. The molecule has 0 amide bonds. The van der Waals surface area contributed by atoms with Crippen molar-refractivity contribution >= 4 is 0 Å². The molecule has 0 aromatic heterocycles. The zero-order chi connectivity index (χ0) is 14.3. The number of hydrogen-bond donors (Lipinski definition) is 1. The summed E-state index contributed by atoms with van der Waals surface area (Å²) in [6, 6.07) is 10.1. The summed E-state index contributed by atoms with van der Waals surface area (Å²) >= 11 is 0. The lowest BCUT2D eigenvalue weighted by Crippen LogP contribution is -2.28. The lowest BCUT2D eigenvalue weighted by Gasteiger charge is -2.26. The molecular formula is C17H26O2. The third-order valence-corrected chi connectivity index (χ3v) is 3.50. The molecule has 0 aliphatic rings. The SMILES string of the molecule is C=C[C@H](C)[C@@H](O)C[C@H](OCc1ccccc1)C(C)C. The van der Waals surface area contributed by atoms with Crippen LogP contribution in [0.25, 0.3) is 0 Å². The lowest BCUT2D eigenvalue weighted by molar-refractivity contribution is -0.0279. The maximum Gasteiger partial charge on any atom is 0.0720 e. The van der Waals surface area contributed by atoms with Gasteiger partial charge in [0.15, 0.2) is 0 Å². The van der Waals surface area contributed by atoms with Crippen LogP contribution >= 0.6 is 0 Å². The first kappa shape index (κ1) is 15.9. The van der Waals surface area contributed by atoms with Crippen molar-refractivity contribution in [3.8, 4) is 0 Å². The maximum atomic E-state index is 10.1. The number of benzene rings is 1. The standard InChI is InChI=1S/C17H26O2/c1-5-14(4)16(18)11-17(13(2)3)19-12-15-9-7-6-8-10-15/h5-10,13-14,16-18H,1,11-12H2,2-4H3/t14-,16-,17-/m0/s1. The van der Waals surface area contributed by atoms with Crippen LogP contribution in [0.4, 0.5) is 0 Å². The third-order valence-electron chi connectivity index (χ3n) is 3.50. The molecule has 0 heterocycles. The van der Waals surface area contributed by atoms with E-state index in [0.717, 1.165) is 0 Å². The van der Waals surface area contributed by atoms with Gasteiger partial charge in [0.1, 0.15) is 0 Å². The maximum absolute atomic E-state index is 10.1. The van der Waals surface area contributed by atoms with E-state index in [1.54, 1.807) is 6.08 Å². The van der Waals surface area contributed by atoms with Crippen molar-refractivity contribution in [3.63, 3.8) is 0 Å². The van der Waals surface area contributed by atoms with E-state index in [9.17, 15) is 5.11 Å². The van der Waals surface area contributed by atoms with Crippen molar-refractivity contribution in [2.75, 3.05) is 0 Å². The van der Waals surface area contributed by atoms with Crippen molar-refractivity contribution < 1.29 is 9.84 Å². The molecule has 0 saturated carbocycles. The topological polar surface area (TPSA) is 29.5 Å². The van der Waals surface area contributed by atoms with E-state index in [1.807, 2.05) is 25.1 Å². The molecule has 0 saturated heterocycles. The Balaban J connectivity index is 2.51. The zero-order valence-electron chi connectivity index (χ0n) is 12.3. The van der Waals surface area contributed by atoms with E-state index in [4.69, 9.17) is 4.74 Å². The highest BCUT2D eigenvalue weighted by Gasteiger charge is 2.21. The molecule has 2 nitrogen and oxygen atoms in total. The molecule has 1 aromatic rings. The molecule has 1 rings (SSSR count). The highest BCUT2D eigenvalue weighted by atomic mass is 16.5. The van der Waals surface area contributed by atoms with Crippen molar-refractivity contribution in [2.24, 2.45) is 11.8 Å². The summed E-state index contributed by atoms with van der Waals surface area (Å²) in [7, 11) is 0. The first-order valence-corrected chi connectivity index (χ1v) is 7.00. The van der Waals surface area contributed by atoms with Gasteiger partial charge in [-0.05, 0) is 17.4 Å². The van der Waals surface area contributed by atoms with Crippen LogP contribution in [-0.4, -0.2) is 17.3 Å². The Morgan fingerprint density at radius 1 is 1.21 bits per heavy atom. The van der Waals surface area contributed by atoms with Crippen molar-refractivity contribution in [2.45, 2.75) is 46.0 Å². The Morgan fingerprint density at radius 2 is 1.84 bits per heavy atom. The highest BCUT2D eigenvalue weighted by Crippen LogP contribution is 2.19. The van der Waals surface area contributed by atoms with E-state index in [-0.39, 0.29) is 18.1 Å². The fourth-order valence-corrected chi connectivity index (χ4v) is 1.92. The Labute approximate surface area is 117 Å². The summed E-state index contributed by atoms with van der Waals surface area (Å²) in [4.78, 5) is 0. The van der Waals surface area contributed by atoms with E-state index in [1.165, 1.54) is 5.56 Å². The van der Waals surface area contributed by atoms with Gasteiger partial charge in [0.2, 0.25) is 0 Å². The van der Waals surface area contributed by atoms with Gasteiger partial charge >= 0.3 is 0 Å². The van der Waals surface area contributed by atoms with Crippen LogP contribution in [0.1, 0.15) is 32.8 Å². The number of hydrogen-bond acceptors (Lipinski definition) is 2. The molecule has 106 valence electrons. The molecule has 1 N–H and O–H groups in total. The summed E-state index contributed by atoms with van der Waals surface area (Å²) in [6.45, 7) is 10.6. The highest BCUT2D eigenvalue weighted by molar-refractivity contribution is 5.13. The van der Waals surface area contributed by atoms with E-state index >= 15 is 0 Å². The van der Waals surface area contributed by atoms with Crippen molar-refractivity contribution in [1.29, 1.82) is 0 Å². The van der Waals surface area contributed by atoms with Gasteiger partial charge in [-0.2, -0.15) is 0 Å². The Kier molecular flexibility index (Phi) is 6.82. The minimum absolute atomic E-state index is 0.0672. The van der Waals surface area contributed by atoms with E-state index in [2.05, 4.69) is 32.6 Å². The molecule has 0 bridgehead atoms. The van der Waals surface area contributed by atoms with Crippen LogP contribution in [0.2, 0.25) is 0 Å². The lowest BCUT2D eigenvalue weighted by atomic mass is 9.94. The van der Waals surface area contributed by atoms with Crippen molar-refractivity contribution in [1.82, 2.24) is 0 Å². The molecule has 0 aliphatic heterocycles. The summed E-state index contributed by atoms with van der Waals surface area (Å²) < 4.78 is 5.96. The molecule has 0 spiro atoms. The van der Waals surface area contributed by atoms with Gasteiger partial charge in [-0.3, -0.25) is 0 Å². The summed E-state index contributed by atoms with van der Waals surface area (Å²) in [5.41, 5.74) is 1.17. The van der Waals surface area contributed by atoms with Crippen LogP contribution in [-0.2, 0) is 11.3 Å². The fourth-order valence-electron chi connectivity index (χ4n) is 1.92. The molecule has 1 aromatic carbocycles. The van der Waals surface area contributed by atoms with Crippen LogP contribution < -0.4 is 0 Å². The average Bonchev–Trinajstić information content (AvgIpc) is 2.42. The van der Waals surface area contributed by atoms with Crippen molar-refractivity contribution in [3.05, 3.63) is 48.6 Å². The number of rotatable bonds is 8. The number of ether oxygens (including phenoxy) is 1. The second-order valence-electron chi connectivity index (χ2n) is 5.48. The fraction of sp³-hybridized carbons (Fsp3) is 0.529. The molecule has 0 radical (unpaired) electrons. The van der Waals surface area contributed by atoms with Crippen LogP contribution in [0.5, 0.6) is 0 Å². The minimum Gasteiger partial charge on any atom is -0.392 e. The Bertz CT molecular complexity index is 359. The first-order chi connectivity index (χ1) is 9.04. The van der Waals surface area contributed by atoms with Crippen LogP contribution in [0.15, 0.2) is 43.0 Å². The van der Waals surface area contributed by atoms with Gasteiger partial charge in [0.05, 0.1) is 18.8 Å². The smallest absolute Gasteiger partial charge is 0.0720 e. The molecular weight excluding hydrogens is 236 g/mol. The predicted molar refractivity (Wildman–Crippen MR) is 79.8 cm³/mol. The van der Waals surface area contributed by atoms with E-state index < -0.39 is 0 Å². The minimum atomic E-state index is -0.388. The van der Waals surface area contributed by atoms with Gasteiger partial charge in [-0.15, -0.1) is 6.58 Å². The van der Waals surface area contributed by atoms with Gasteiger partial charge in [0.25, 0.3) is 0 Å². The number of aliphatic hydroxyl groups is 1. The van der Waals surface area contributed by atoms with Gasteiger partial charge in [0, 0.05) is 6.42 Å². The quantitative estimate of drug-likeness (QED) is 0.722. The zero-order valence-corrected chi connectivity index (χ0v) is 12.3. The van der Waals surface area contributed by atoms with Gasteiger partial charge < -0.3 is 9.84 Å². The molecule has 3 atom stereocenters. The third kappa shape index (κ3) is 5.58. The van der Waals surface area contributed by atoms with E-state index in [0.29, 0.717) is 18.9 Å². The second-order valence-corrected chi connectivity index (χ2v) is 5.48. The molecule has 0 fully saturated rings. The predicted octanol–water partition coefficient (Wildman–Crippen LogP) is 3.80. The molecule has 19 heavy (non-hydrogen) atoms. The van der Waals surface area contributed by atoms with Gasteiger partial charge in [-0.25, -0.2) is 0 Å². The molecule has 0 unspecified atom stereocenters. The summed E-state index contributed by atoms with van der Waals surface area (Å²) in [5, 5.41) is 10.1. The molecule has 0 aliphatic carbocycles. The Hall–Kier alpha value is -1.12. The molecule has 2 heteroatoms.